The van der Waals surface area contributed by atoms with Gasteiger partial charge in [0.2, 0.25) is 6.29 Å². The van der Waals surface area contributed by atoms with Gasteiger partial charge in [-0.2, -0.15) is 0 Å². The highest BCUT2D eigenvalue weighted by Gasteiger charge is 2.08. The molecule has 0 aliphatic carbocycles. The molecule has 5 heteroatoms. The number of aliphatic hydroxyl groups is 1. The third-order valence-corrected chi connectivity index (χ3v) is 2.23. The number of hydrogen-bond acceptors (Lipinski definition) is 5. The minimum atomic E-state index is -0.996. The van der Waals surface area contributed by atoms with E-state index in [0.29, 0.717) is 25.0 Å². The topological polar surface area (TPSA) is 72.8 Å². The summed E-state index contributed by atoms with van der Waals surface area (Å²) in [5.41, 5.74) is 0.299. The molecule has 1 aliphatic heterocycles. The Labute approximate surface area is 108 Å². The second-order valence-corrected chi connectivity index (χ2v) is 4.08. The summed E-state index contributed by atoms with van der Waals surface area (Å²) in [6.45, 7) is 7.25. The Morgan fingerprint density at radius 1 is 1.50 bits per heavy atom. The molecule has 0 radical (unpaired) electrons. The van der Waals surface area contributed by atoms with E-state index >= 15 is 0 Å². The third-order valence-electron chi connectivity index (χ3n) is 2.23. The van der Waals surface area contributed by atoms with Crippen LogP contribution in [0.5, 0.6) is 0 Å². The van der Waals surface area contributed by atoms with Gasteiger partial charge in [0.25, 0.3) is 0 Å². The maximum atomic E-state index is 10.6. The van der Waals surface area contributed by atoms with Crippen LogP contribution in [0.3, 0.4) is 0 Å². The molecule has 1 fully saturated rings. The Morgan fingerprint density at radius 2 is 2.17 bits per heavy atom. The average Bonchev–Trinajstić information content (AvgIpc) is 2.57. The van der Waals surface area contributed by atoms with Crippen LogP contribution in [-0.4, -0.2) is 29.9 Å². The molecule has 5 nitrogen and oxygen atoms in total. The van der Waals surface area contributed by atoms with E-state index in [4.69, 9.17) is 9.84 Å². The molecule has 0 amide bonds. The van der Waals surface area contributed by atoms with Gasteiger partial charge in [-0.25, -0.2) is 4.79 Å². The summed E-state index contributed by atoms with van der Waals surface area (Å²) in [6, 6.07) is 0. The first kappa shape index (κ1) is 16.6. The Hall–Kier alpha value is -1.36. The Balaban J connectivity index is 0.000000327. The van der Waals surface area contributed by atoms with Gasteiger partial charge in [0, 0.05) is 18.4 Å². The summed E-state index contributed by atoms with van der Waals surface area (Å²) in [7, 11) is 0. The molecule has 1 saturated heterocycles. The number of rotatable bonds is 3. The van der Waals surface area contributed by atoms with Crippen LogP contribution >= 0.6 is 0 Å². The fourth-order valence-corrected chi connectivity index (χ4v) is 1.11. The molecule has 1 N–H and O–H groups in total. The lowest BCUT2D eigenvalue weighted by atomic mass is 10.2. The smallest absolute Gasteiger partial charge is 0.335 e. The Bertz CT molecular complexity index is 275. The number of aliphatic hydroxyl groups excluding tert-OH is 1. The van der Waals surface area contributed by atoms with E-state index in [-0.39, 0.29) is 5.97 Å². The summed E-state index contributed by atoms with van der Waals surface area (Å²) < 4.78 is 9.24. The summed E-state index contributed by atoms with van der Waals surface area (Å²) in [6.07, 6.45) is 3.24. The fourth-order valence-electron chi connectivity index (χ4n) is 1.11. The summed E-state index contributed by atoms with van der Waals surface area (Å²) in [5, 5.41) is 8.79. The lowest BCUT2D eigenvalue weighted by molar-refractivity contribution is -0.163. The zero-order chi connectivity index (χ0) is 14.0. The van der Waals surface area contributed by atoms with Gasteiger partial charge < -0.3 is 14.6 Å². The van der Waals surface area contributed by atoms with Gasteiger partial charge in [-0.3, -0.25) is 4.79 Å². The van der Waals surface area contributed by atoms with Crippen molar-refractivity contribution in [3.63, 3.8) is 0 Å². The number of cyclic esters (lactones) is 1. The predicted molar refractivity (Wildman–Crippen MR) is 66.6 cm³/mol. The number of esters is 2. The van der Waals surface area contributed by atoms with E-state index < -0.39 is 12.3 Å². The first-order valence-electron chi connectivity index (χ1n) is 6.17. The number of hydrogen-bond donors (Lipinski definition) is 1. The van der Waals surface area contributed by atoms with Gasteiger partial charge in [0.15, 0.2) is 0 Å². The molecule has 1 unspecified atom stereocenters. The van der Waals surface area contributed by atoms with E-state index in [9.17, 15) is 9.59 Å². The molecule has 18 heavy (non-hydrogen) atoms. The first-order chi connectivity index (χ1) is 8.47. The first-order valence-corrected chi connectivity index (χ1v) is 6.17. The van der Waals surface area contributed by atoms with E-state index in [1.807, 2.05) is 0 Å². The van der Waals surface area contributed by atoms with Crippen molar-refractivity contribution in [1.29, 1.82) is 0 Å². The van der Waals surface area contributed by atoms with Crippen LogP contribution in [0.15, 0.2) is 12.2 Å². The molecular formula is C13H22O5. The molecule has 0 bridgehead atoms. The Morgan fingerprint density at radius 3 is 2.72 bits per heavy atom. The van der Waals surface area contributed by atoms with Crippen LogP contribution in [0, 0.1) is 0 Å². The summed E-state index contributed by atoms with van der Waals surface area (Å²) in [5.74, 6) is -0.572. The molecule has 0 aromatic rings. The van der Waals surface area contributed by atoms with Gasteiger partial charge in [-0.05, 0) is 26.2 Å². The highest BCUT2D eigenvalue weighted by Crippen LogP contribution is 2.06. The summed E-state index contributed by atoms with van der Waals surface area (Å²) in [4.78, 5) is 21.1. The lowest BCUT2D eigenvalue weighted by Crippen LogP contribution is -2.16. The van der Waals surface area contributed by atoms with Crippen molar-refractivity contribution < 1.29 is 24.2 Å². The molecule has 1 rings (SSSR count). The lowest BCUT2D eigenvalue weighted by Gasteiger charge is -2.08. The third kappa shape index (κ3) is 8.75. The van der Waals surface area contributed by atoms with Crippen molar-refractivity contribution in [3.8, 4) is 0 Å². The van der Waals surface area contributed by atoms with Crippen molar-refractivity contribution in [2.75, 3.05) is 6.61 Å². The molecule has 104 valence electrons. The normalized spacial score (nSPS) is 16.5. The maximum absolute atomic E-state index is 10.6. The minimum Gasteiger partial charge on any atom is -0.466 e. The van der Waals surface area contributed by atoms with Crippen LogP contribution in [0.4, 0.5) is 0 Å². The fraction of sp³-hybridized carbons (Fsp3) is 0.692. The molecule has 0 aromatic heterocycles. The SMILES string of the molecule is C=C(C)C(=O)OC(O)CC.O=C1CCCCCO1. The molecule has 0 spiro atoms. The van der Waals surface area contributed by atoms with Crippen molar-refractivity contribution in [2.45, 2.75) is 52.2 Å². The zero-order valence-corrected chi connectivity index (χ0v) is 11.1. The second-order valence-electron chi connectivity index (χ2n) is 4.08. The maximum Gasteiger partial charge on any atom is 0.335 e. The van der Waals surface area contributed by atoms with Gasteiger partial charge in [-0.15, -0.1) is 0 Å². The second kappa shape index (κ2) is 9.65. The van der Waals surface area contributed by atoms with Crippen molar-refractivity contribution in [1.82, 2.24) is 0 Å². The largest absolute Gasteiger partial charge is 0.466 e. The predicted octanol–water partition coefficient (Wildman–Crippen LogP) is 1.94. The molecular weight excluding hydrogens is 236 g/mol. The van der Waals surface area contributed by atoms with Gasteiger partial charge in [0.1, 0.15) is 0 Å². The molecule has 0 aromatic carbocycles. The van der Waals surface area contributed by atoms with Crippen molar-refractivity contribution >= 4 is 11.9 Å². The summed E-state index contributed by atoms with van der Waals surface area (Å²) >= 11 is 0. The highest BCUT2D eigenvalue weighted by atomic mass is 16.6. The number of carbonyl (C=O) groups excluding carboxylic acids is 2. The van der Waals surface area contributed by atoms with Crippen LogP contribution in [-0.2, 0) is 19.1 Å². The van der Waals surface area contributed by atoms with Crippen LogP contribution in [0.2, 0.25) is 0 Å². The minimum absolute atomic E-state index is 0.0255. The quantitative estimate of drug-likeness (QED) is 0.476. The number of ether oxygens (including phenoxy) is 2. The molecule has 1 aliphatic rings. The van der Waals surface area contributed by atoms with Crippen molar-refractivity contribution in [3.05, 3.63) is 12.2 Å². The van der Waals surface area contributed by atoms with Crippen molar-refractivity contribution in [2.24, 2.45) is 0 Å². The molecule has 0 saturated carbocycles. The van der Waals surface area contributed by atoms with E-state index in [0.717, 1.165) is 19.3 Å². The highest BCUT2D eigenvalue weighted by molar-refractivity contribution is 5.86. The monoisotopic (exact) mass is 258 g/mol. The molecule has 1 atom stereocenters. The van der Waals surface area contributed by atoms with Gasteiger partial charge in [-0.1, -0.05) is 13.5 Å². The van der Waals surface area contributed by atoms with Crippen LogP contribution in [0.1, 0.15) is 46.0 Å². The van der Waals surface area contributed by atoms with E-state index in [2.05, 4.69) is 11.3 Å². The number of carbonyl (C=O) groups is 2. The van der Waals surface area contributed by atoms with Gasteiger partial charge in [0.05, 0.1) is 6.61 Å². The van der Waals surface area contributed by atoms with E-state index in [1.54, 1.807) is 6.92 Å². The molecule has 1 heterocycles. The van der Waals surface area contributed by atoms with Crippen LogP contribution in [0.25, 0.3) is 0 Å². The zero-order valence-electron chi connectivity index (χ0n) is 11.1. The standard InChI is InChI=1S/C7H12O3.C6H10O2/c1-4-6(8)10-7(9)5(2)3;7-6-4-2-1-3-5-8-6/h6,8H,2,4H2,1,3H3;1-5H2. The average molecular weight is 258 g/mol. The van der Waals surface area contributed by atoms with Crippen LogP contribution < -0.4 is 0 Å². The Kier molecular flexibility index (Phi) is 8.92. The van der Waals surface area contributed by atoms with Gasteiger partial charge >= 0.3 is 11.9 Å². The van der Waals surface area contributed by atoms with E-state index in [1.165, 1.54) is 6.92 Å².